The van der Waals surface area contributed by atoms with Gasteiger partial charge in [0.15, 0.2) is 17.3 Å². The molecule has 0 aliphatic rings. The minimum atomic E-state index is 0.657. The molecule has 0 saturated carbocycles. The Morgan fingerprint density at radius 2 is 1.80 bits per heavy atom. The molecule has 3 aromatic rings. The molecule has 0 atom stereocenters. The van der Waals surface area contributed by atoms with Gasteiger partial charge in [-0.25, -0.2) is 0 Å². The fourth-order valence-electron chi connectivity index (χ4n) is 2.10. The molecule has 1 heterocycles. The van der Waals surface area contributed by atoms with Crippen molar-refractivity contribution in [2.75, 3.05) is 14.2 Å². The zero-order valence-electron chi connectivity index (χ0n) is 11.0. The summed E-state index contributed by atoms with van der Waals surface area (Å²) in [7, 11) is 3.22. The molecule has 0 N–H and O–H groups in total. The van der Waals surface area contributed by atoms with E-state index in [1.165, 1.54) is 0 Å². The van der Waals surface area contributed by atoms with E-state index in [4.69, 9.17) is 14.0 Å². The highest BCUT2D eigenvalue weighted by Gasteiger charge is 2.13. The average Bonchev–Trinajstić information content (AvgIpc) is 2.89. The molecule has 0 aliphatic carbocycles. The van der Waals surface area contributed by atoms with Crippen molar-refractivity contribution in [2.24, 2.45) is 0 Å². The summed E-state index contributed by atoms with van der Waals surface area (Å²) in [6, 6.07) is 11.5. The van der Waals surface area contributed by atoms with Crippen LogP contribution in [0, 0.1) is 0 Å². The van der Waals surface area contributed by atoms with E-state index in [0.717, 1.165) is 20.9 Å². The zero-order chi connectivity index (χ0) is 14.1. The van der Waals surface area contributed by atoms with Crippen LogP contribution in [0.5, 0.6) is 11.5 Å². The van der Waals surface area contributed by atoms with Crippen LogP contribution in [0.1, 0.15) is 0 Å². The lowest BCUT2D eigenvalue weighted by molar-refractivity contribution is 0.355. The summed E-state index contributed by atoms with van der Waals surface area (Å²) < 4.78 is 17.0. The normalized spacial score (nSPS) is 10.8. The van der Waals surface area contributed by atoms with E-state index >= 15 is 0 Å². The summed E-state index contributed by atoms with van der Waals surface area (Å²) in [6.07, 6.45) is 0. The Kier molecular flexibility index (Phi) is 3.36. The second-order valence-corrected chi connectivity index (χ2v) is 5.16. The monoisotopic (exact) mass is 333 g/mol. The van der Waals surface area contributed by atoms with E-state index in [2.05, 4.69) is 21.1 Å². The zero-order valence-corrected chi connectivity index (χ0v) is 12.6. The number of hydrogen-bond donors (Lipinski definition) is 0. The highest BCUT2D eigenvalue weighted by atomic mass is 79.9. The second kappa shape index (κ2) is 5.17. The van der Waals surface area contributed by atoms with E-state index in [1.807, 2.05) is 36.4 Å². The standard InChI is InChI=1S/C15H12BrNO3/c1-18-13-6-3-9(7-14(13)19-2)15-11-8-10(16)4-5-12(11)17-20-15/h3-8H,1-2H3. The Morgan fingerprint density at radius 1 is 1.00 bits per heavy atom. The predicted molar refractivity (Wildman–Crippen MR) is 80.2 cm³/mol. The molecule has 0 fully saturated rings. The van der Waals surface area contributed by atoms with Gasteiger partial charge in [0.1, 0.15) is 5.52 Å². The van der Waals surface area contributed by atoms with E-state index in [9.17, 15) is 0 Å². The first-order valence-electron chi connectivity index (χ1n) is 6.00. The lowest BCUT2D eigenvalue weighted by atomic mass is 10.1. The Balaban J connectivity index is 2.18. The van der Waals surface area contributed by atoms with Crippen LogP contribution in [0.4, 0.5) is 0 Å². The molecule has 0 radical (unpaired) electrons. The summed E-state index contributed by atoms with van der Waals surface area (Å²) in [5, 5.41) is 5.02. The van der Waals surface area contributed by atoms with Crippen molar-refractivity contribution in [2.45, 2.75) is 0 Å². The summed E-state index contributed by atoms with van der Waals surface area (Å²) in [5.41, 5.74) is 1.71. The molecular formula is C15H12BrNO3. The van der Waals surface area contributed by atoms with Crippen molar-refractivity contribution in [3.05, 3.63) is 40.9 Å². The number of ether oxygens (including phenoxy) is 2. The number of rotatable bonds is 3. The molecule has 0 amide bonds. The van der Waals surface area contributed by atoms with E-state index in [1.54, 1.807) is 14.2 Å². The number of fused-ring (bicyclic) bond motifs is 1. The van der Waals surface area contributed by atoms with Crippen LogP contribution in [0.25, 0.3) is 22.2 Å². The van der Waals surface area contributed by atoms with Crippen molar-refractivity contribution in [3.63, 3.8) is 0 Å². The van der Waals surface area contributed by atoms with Crippen molar-refractivity contribution < 1.29 is 14.0 Å². The molecule has 0 aliphatic heterocycles. The van der Waals surface area contributed by atoms with Gasteiger partial charge in [-0.3, -0.25) is 0 Å². The lowest BCUT2D eigenvalue weighted by Gasteiger charge is -2.08. The third kappa shape index (κ3) is 2.14. The van der Waals surface area contributed by atoms with Gasteiger partial charge < -0.3 is 14.0 Å². The minimum Gasteiger partial charge on any atom is -0.493 e. The third-order valence-electron chi connectivity index (χ3n) is 3.08. The van der Waals surface area contributed by atoms with Gasteiger partial charge in [0.2, 0.25) is 0 Å². The largest absolute Gasteiger partial charge is 0.493 e. The molecular weight excluding hydrogens is 322 g/mol. The van der Waals surface area contributed by atoms with E-state index < -0.39 is 0 Å². The first kappa shape index (κ1) is 13.0. The summed E-state index contributed by atoms with van der Waals surface area (Å²) in [6.45, 7) is 0. The Morgan fingerprint density at radius 3 is 2.55 bits per heavy atom. The summed E-state index contributed by atoms with van der Waals surface area (Å²) in [4.78, 5) is 0. The van der Waals surface area contributed by atoms with Gasteiger partial charge in [0, 0.05) is 10.0 Å². The maximum absolute atomic E-state index is 5.46. The number of methoxy groups -OCH3 is 2. The predicted octanol–water partition coefficient (Wildman–Crippen LogP) is 4.27. The highest BCUT2D eigenvalue weighted by molar-refractivity contribution is 9.10. The fraction of sp³-hybridized carbons (Fsp3) is 0.133. The van der Waals surface area contributed by atoms with Crippen LogP contribution in [-0.2, 0) is 0 Å². The number of benzene rings is 2. The van der Waals surface area contributed by atoms with Crippen LogP contribution in [0.15, 0.2) is 45.4 Å². The van der Waals surface area contributed by atoms with Crippen molar-refractivity contribution >= 4 is 26.8 Å². The Labute approximate surface area is 124 Å². The number of nitrogens with zero attached hydrogens (tertiary/aromatic N) is 1. The van der Waals surface area contributed by atoms with Crippen LogP contribution in [0.2, 0.25) is 0 Å². The van der Waals surface area contributed by atoms with Crippen LogP contribution < -0.4 is 9.47 Å². The second-order valence-electron chi connectivity index (χ2n) is 4.24. The highest BCUT2D eigenvalue weighted by Crippen LogP contribution is 2.36. The molecule has 0 unspecified atom stereocenters. The van der Waals surface area contributed by atoms with Gasteiger partial charge in [0.05, 0.1) is 19.6 Å². The van der Waals surface area contributed by atoms with E-state index in [-0.39, 0.29) is 0 Å². The molecule has 0 saturated heterocycles. The number of hydrogen-bond acceptors (Lipinski definition) is 4. The number of aromatic nitrogens is 1. The molecule has 1 aromatic heterocycles. The van der Waals surface area contributed by atoms with Gasteiger partial charge in [0.25, 0.3) is 0 Å². The van der Waals surface area contributed by atoms with Crippen LogP contribution in [0.3, 0.4) is 0 Å². The molecule has 0 spiro atoms. The summed E-state index contributed by atoms with van der Waals surface area (Å²) in [5.74, 6) is 2.05. The van der Waals surface area contributed by atoms with Gasteiger partial charge in [-0.2, -0.15) is 0 Å². The lowest BCUT2D eigenvalue weighted by Crippen LogP contribution is -1.90. The van der Waals surface area contributed by atoms with Gasteiger partial charge in [-0.05, 0) is 36.4 Å². The third-order valence-corrected chi connectivity index (χ3v) is 3.58. The Hall–Kier alpha value is -2.01. The molecule has 4 nitrogen and oxygen atoms in total. The van der Waals surface area contributed by atoms with Gasteiger partial charge in [-0.15, -0.1) is 0 Å². The smallest absolute Gasteiger partial charge is 0.174 e. The van der Waals surface area contributed by atoms with Crippen LogP contribution >= 0.6 is 15.9 Å². The molecule has 5 heteroatoms. The molecule has 2 aromatic carbocycles. The van der Waals surface area contributed by atoms with Crippen molar-refractivity contribution in [1.82, 2.24) is 5.16 Å². The van der Waals surface area contributed by atoms with E-state index in [0.29, 0.717) is 17.3 Å². The average molecular weight is 334 g/mol. The minimum absolute atomic E-state index is 0.657. The molecule has 102 valence electrons. The maximum atomic E-state index is 5.46. The molecule has 3 rings (SSSR count). The maximum Gasteiger partial charge on any atom is 0.174 e. The van der Waals surface area contributed by atoms with Crippen LogP contribution in [-0.4, -0.2) is 19.4 Å². The topological polar surface area (TPSA) is 44.5 Å². The van der Waals surface area contributed by atoms with Crippen molar-refractivity contribution in [3.8, 4) is 22.8 Å². The van der Waals surface area contributed by atoms with Gasteiger partial charge >= 0.3 is 0 Å². The number of halogens is 1. The molecule has 20 heavy (non-hydrogen) atoms. The fourth-order valence-corrected chi connectivity index (χ4v) is 2.46. The quantitative estimate of drug-likeness (QED) is 0.717. The Bertz CT molecular complexity index is 767. The SMILES string of the molecule is COc1ccc(-c2onc3ccc(Br)cc23)cc1OC. The molecule has 0 bridgehead atoms. The first-order valence-corrected chi connectivity index (χ1v) is 6.79. The summed E-state index contributed by atoms with van der Waals surface area (Å²) >= 11 is 3.46. The van der Waals surface area contributed by atoms with Gasteiger partial charge in [-0.1, -0.05) is 21.1 Å². The van der Waals surface area contributed by atoms with Crippen molar-refractivity contribution in [1.29, 1.82) is 0 Å². The first-order chi connectivity index (χ1) is 9.72.